The maximum Gasteiger partial charge on any atom is 0.326 e. The van der Waals surface area contributed by atoms with Gasteiger partial charge in [-0.2, -0.15) is 0 Å². The predicted molar refractivity (Wildman–Crippen MR) is 80.7 cm³/mol. The van der Waals surface area contributed by atoms with Crippen molar-refractivity contribution in [1.29, 1.82) is 0 Å². The summed E-state index contributed by atoms with van der Waals surface area (Å²) in [6.07, 6.45) is 1.70. The molecule has 1 aromatic rings. The number of carbonyl (C=O) groups excluding carboxylic acids is 1. The van der Waals surface area contributed by atoms with Crippen molar-refractivity contribution in [1.82, 2.24) is 4.90 Å². The maximum absolute atomic E-state index is 12.1. The number of thioether (sulfide) groups is 1. The van der Waals surface area contributed by atoms with Crippen molar-refractivity contribution in [2.75, 3.05) is 19.4 Å². The number of ether oxygens (including phenoxy) is 1. The molecule has 21 heavy (non-hydrogen) atoms. The van der Waals surface area contributed by atoms with Crippen LogP contribution in [-0.4, -0.2) is 47.3 Å². The van der Waals surface area contributed by atoms with Gasteiger partial charge in [0.2, 0.25) is 5.91 Å². The summed E-state index contributed by atoms with van der Waals surface area (Å²) in [4.78, 5) is 25.7. The maximum atomic E-state index is 12.1. The van der Waals surface area contributed by atoms with Crippen molar-refractivity contribution >= 4 is 23.6 Å². The highest BCUT2D eigenvalue weighted by Crippen LogP contribution is 2.23. The number of carbonyl (C=O) groups is 2. The number of amides is 1. The Balaban J connectivity index is 1.79. The molecule has 0 radical (unpaired) electrons. The Morgan fingerprint density at radius 3 is 2.71 bits per heavy atom. The number of hydrogen-bond donors (Lipinski definition) is 1. The smallest absolute Gasteiger partial charge is 0.326 e. The van der Waals surface area contributed by atoms with Crippen LogP contribution in [-0.2, 0) is 9.59 Å². The predicted octanol–water partition coefficient (Wildman–Crippen LogP) is 2.25. The van der Waals surface area contributed by atoms with E-state index in [1.165, 1.54) is 4.90 Å². The number of hydrogen-bond acceptors (Lipinski definition) is 4. The molecular formula is C15H19NO4S. The van der Waals surface area contributed by atoms with Gasteiger partial charge in [0.05, 0.1) is 7.11 Å². The lowest BCUT2D eigenvalue weighted by Crippen LogP contribution is -2.40. The number of nitrogens with zero attached hydrogens (tertiary/aromatic N) is 1. The van der Waals surface area contributed by atoms with Crippen LogP contribution >= 0.6 is 11.8 Å². The van der Waals surface area contributed by atoms with Crippen LogP contribution in [0.25, 0.3) is 0 Å². The monoisotopic (exact) mass is 309 g/mol. The Bertz CT molecular complexity index is 503. The quantitative estimate of drug-likeness (QED) is 0.816. The molecule has 0 unspecified atom stereocenters. The van der Waals surface area contributed by atoms with Crippen molar-refractivity contribution in [3.8, 4) is 5.75 Å². The summed E-state index contributed by atoms with van der Waals surface area (Å²) in [7, 11) is 1.62. The first-order chi connectivity index (χ1) is 10.1. The molecule has 1 saturated heterocycles. The van der Waals surface area contributed by atoms with Gasteiger partial charge in [0.25, 0.3) is 0 Å². The molecular weight excluding hydrogens is 290 g/mol. The lowest BCUT2D eigenvalue weighted by Gasteiger charge is -2.21. The van der Waals surface area contributed by atoms with Gasteiger partial charge in [0, 0.05) is 23.6 Å². The second-order valence-electron chi connectivity index (χ2n) is 4.86. The molecule has 1 aliphatic rings. The van der Waals surface area contributed by atoms with Crippen molar-refractivity contribution in [3.63, 3.8) is 0 Å². The zero-order valence-electron chi connectivity index (χ0n) is 11.9. The fourth-order valence-corrected chi connectivity index (χ4v) is 3.23. The normalized spacial score (nSPS) is 17.8. The molecule has 1 fully saturated rings. The third kappa shape index (κ3) is 4.14. The largest absolute Gasteiger partial charge is 0.497 e. The second kappa shape index (κ2) is 7.36. The zero-order chi connectivity index (χ0) is 15.2. The molecule has 0 aliphatic carbocycles. The number of methoxy groups -OCH3 is 1. The topological polar surface area (TPSA) is 66.8 Å². The van der Waals surface area contributed by atoms with Gasteiger partial charge in [0.15, 0.2) is 0 Å². The van der Waals surface area contributed by atoms with Crippen molar-refractivity contribution in [3.05, 3.63) is 24.3 Å². The van der Waals surface area contributed by atoms with E-state index in [0.717, 1.165) is 17.1 Å². The van der Waals surface area contributed by atoms with Gasteiger partial charge in [0.1, 0.15) is 11.8 Å². The Hall–Kier alpha value is -1.69. The number of aliphatic carboxylic acids is 1. The molecule has 2 rings (SSSR count). The Morgan fingerprint density at radius 2 is 2.10 bits per heavy atom. The summed E-state index contributed by atoms with van der Waals surface area (Å²) in [5.74, 6) is 0.481. The summed E-state index contributed by atoms with van der Waals surface area (Å²) in [5, 5.41) is 9.07. The molecule has 1 heterocycles. The van der Waals surface area contributed by atoms with Gasteiger partial charge in [-0.15, -0.1) is 11.8 Å². The summed E-state index contributed by atoms with van der Waals surface area (Å²) in [6, 6.07) is 7.02. The molecule has 5 nitrogen and oxygen atoms in total. The molecule has 6 heteroatoms. The highest BCUT2D eigenvalue weighted by atomic mass is 32.2. The van der Waals surface area contributed by atoms with Gasteiger partial charge in [-0.3, -0.25) is 4.79 Å². The summed E-state index contributed by atoms with van der Waals surface area (Å²) >= 11 is 1.59. The molecule has 1 atom stereocenters. The zero-order valence-corrected chi connectivity index (χ0v) is 12.8. The minimum atomic E-state index is -0.899. The summed E-state index contributed by atoms with van der Waals surface area (Å²) in [6.45, 7) is 0.559. The van der Waals surface area contributed by atoms with Crippen LogP contribution in [0, 0.1) is 0 Å². The molecule has 114 valence electrons. The standard InChI is InChI=1S/C15H19NO4S/c1-20-11-4-6-12(7-5-11)21-10-8-14(17)16-9-2-3-13(16)15(18)19/h4-7,13H,2-3,8-10H2,1H3,(H,18,19)/t13-/m1/s1. The second-order valence-corrected chi connectivity index (χ2v) is 6.03. The minimum Gasteiger partial charge on any atom is -0.497 e. The lowest BCUT2D eigenvalue weighted by molar-refractivity contribution is -0.148. The van der Waals surface area contributed by atoms with E-state index in [4.69, 9.17) is 9.84 Å². The number of benzene rings is 1. The molecule has 0 bridgehead atoms. The highest BCUT2D eigenvalue weighted by Gasteiger charge is 2.33. The number of carboxylic acid groups (broad SMARTS) is 1. The third-order valence-electron chi connectivity index (χ3n) is 3.50. The van der Waals surface area contributed by atoms with Crippen LogP contribution in [0.1, 0.15) is 19.3 Å². The lowest BCUT2D eigenvalue weighted by atomic mass is 10.2. The van der Waals surface area contributed by atoms with Crippen molar-refractivity contribution in [2.45, 2.75) is 30.2 Å². The number of likely N-dealkylation sites (tertiary alicyclic amines) is 1. The van der Waals surface area contributed by atoms with Crippen molar-refractivity contribution in [2.24, 2.45) is 0 Å². The highest BCUT2D eigenvalue weighted by molar-refractivity contribution is 7.99. The average molecular weight is 309 g/mol. The van der Waals surface area contributed by atoms with Gasteiger partial charge in [-0.1, -0.05) is 0 Å². The summed E-state index contributed by atoms with van der Waals surface area (Å²) < 4.78 is 5.09. The van der Waals surface area contributed by atoms with E-state index >= 15 is 0 Å². The summed E-state index contributed by atoms with van der Waals surface area (Å²) in [5.41, 5.74) is 0. The van der Waals surface area contributed by atoms with Gasteiger partial charge < -0.3 is 14.7 Å². The first-order valence-corrected chi connectivity index (χ1v) is 7.89. The molecule has 1 aliphatic heterocycles. The van der Waals surface area contributed by atoms with Crippen LogP contribution < -0.4 is 4.74 Å². The molecule has 1 aromatic carbocycles. The van der Waals surface area contributed by atoms with E-state index < -0.39 is 12.0 Å². The Labute approximate surface area is 128 Å². The number of rotatable bonds is 6. The van der Waals surface area contributed by atoms with Crippen LogP contribution in [0.4, 0.5) is 0 Å². The number of carboxylic acids is 1. The fraction of sp³-hybridized carbons (Fsp3) is 0.467. The van der Waals surface area contributed by atoms with E-state index in [1.807, 2.05) is 24.3 Å². The third-order valence-corrected chi connectivity index (χ3v) is 4.52. The fourth-order valence-electron chi connectivity index (χ4n) is 2.39. The van der Waals surface area contributed by atoms with E-state index in [1.54, 1.807) is 18.9 Å². The molecule has 1 N–H and O–H groups in total. The van der Waals surface area contributed by atoms with E-state index in [2.05, 4.69) is 0 Å². The SMILES string of the molecule is COc1ccc(SCCC(=O)N2CCC[C@@H]2C(=O)O)cc1. The van der Waals surface area contributed by atoms with Crippen LogP contribution in [0.5, 0.6) is 5.75 Å². The first-order valence-electron chi connectivity index (χ1n) is 6.91. The van der Waals surface area contributed by atoms with Crippen LogP contribution in [0.15, 0.2) is 29.2 Å². The molecule has 1 amide bonds. The van der Waals surface area contributed by atoms with Crippen LogP contribution in [0.2, 0.25) is 0 Å². The molecule has 0 spiro atoms. The van der Waals surface area contributed by atoms with Crippen molar-refractivity contribution < 1.29 is 19.4 Å². The van der Waals surface area contributed by atoms with Crippen LogP contribution in [0.3, 0.4) is 0 Å². The molecule has 0 aromatic heterocycles. The Kier molecular flexibility index (Phi) is 5.50. The van der Waals surface area contributed by atoms with E-state index in [0.29, 0.717) is 25.1 Å². The van der Waals surface area contributed by atoms with E-state index in [9.17, 15) is 9.59 Å². The van der Waals surface area contributed by atoms with Gasteiger partial charge in [-0.05, 0) is 37.1 Å². The minimum absolute atomic E-state index is 0.0686. The van der Waals surface area contributed by atoms with Gasteiger partial charge >= 0.3 is 5.97 Å². The Morgan fingerprint density at radius 1 is 1.38 bits per heavy atom. The average Bonchev–Trinajstić information content (AvgIpc) is 2.97. The van der Waals surface area contributed by atoms with Gasteiger partial charge in [-0.25, -0.2) is 4.79 Å². The first kappa shape index (κ1) is 15.7. The van der Waals surface area contributed by atoms with E-state index in [-0.39, 0.29) is 5.91 Å². The molecule has 0 saturated carbocycles.